The molecule has 0 aliphatic carbocycles. The fraction of sp³-hybridized carbons (Fsp3) is 0.400. The van der Waals surface area contributed by atoms with Crippen LogP contribution in [0.2, 0.25) is 0 Å². The van der Waals surface area contributed by atoms with E-state index in [0.717, 1.165) is 5.56 Å². The minimum atomic E-state index is -0.519. The van der Waals surface area contributed by atoms with Crippen molar-refractivity contribution in [3.05, 3.63) is 71.9 Å². The number of aryl methyl sites for hydroxylation is 1. The summed E-state index contributed by atoms with van der Waals surface area (Å²) in [4.78, 5) is 15.7. The number of amides is 1. The number of para-hydroxylation sites is 1. The van der Waals surface area contributed by atoms with E-state index in [4.69, 9.17) is 4.74 Å². The Labute approximate surface area is 178 Å². The van der Waals surface area contributed by atoms with Gasteiger partial charge in [-0.05, 0) is 44.1 Å². The zero-order valence-corrected chi connectivity index (χ0v) is 18.1. The Morgan fingerprint density at radius 3 is 2.47 bits per heavy atom. The fourth-order valence-electron chi connectivity index (χ4n) is 4.69. The Kier molecular flexibility index (Phi) is 5.93. The van der Waals surface area contributed by atoms with E-state index in [2.05, 4.69) is 78.5 Å². The first-order valence-corrected chi connectivity index (χ1v) is 10.6. The van der Waals surface area contributed by atoms with Gasteiger partial charge in [0.2, 0.25) is 5.91 Å². The van der Waals surface area contributed by atoms with Crippen molar-refractivity contribution in [3.8, 4) is 0 Å². The highest BCUT2D eigenvalue weighted by Crippen LogP contribution is 2.35. The van der Waals surface area contributed by atoms with Crippen molar-refractivity contribution in [2.45, 2.75) is 24.3 Å². The maximum absolute atomic E-state index is 13.6. The molecule has 1 saturated heterocycles. The lowest BCUT2D eigenvalue weighted by molar-refractivity contribution is -0.130. The van der Waals surface area contributed by atoms with Gasteiger partial charge in [-0.1, -0.05) is 48.5 Å². The van der Waals surface area contributed by atoms with E-state index in [9.17, 15) is 4.79 Å². The van der Waals surface area contributed by atoms with Crippen molar-refractivity contribution >= 4 is 16.8 Å². The molecule has 1 aromatic heterocycles. The summed E-state index contributed by atoms with van der Waals surface area (Å²) >= 11 is 0. The lowest BCUT2D eigenvalue weighted by Crippen LogP contribution is -2.49. The molecule has 2 aromatic carbocycles. The summed E-state index contributed by atoms with van der Waals surface area (Å²) < 4.78 is 7.75. The Morgan fingerprint density at radius 2 is 1.77 bits per heavy atom. The molecule has 2 heterocycles. The van der Waals surface area contributed by atoms with Crippen molar-refractivity contribution in [1.82, 2.24) is 14.8 Å². The van der Waals surface area contributed by atoms with E-state index < -0.39 is 5.41 Å². The smallest absolute Gasteiger partial charge is 0.230 e. The lowest BCUT2D eigenvalue weighted by atomic mass is 9.73. The summed E-state index contributed by atoms with van der Waals surface area (Å²) in [6.07, 6.45) is 3.61. The molecule has 1 atom stereocenters. The highest BCUT2D eigenvalue weighted by atomic mass is 16.5. The SMILES string of the molecule is CN(C)C(CNC(=O)C1(c2ccccc2)CCOCC1)c1cn(C)c2ccccc12. The van der Waals surface area contributed by atoms with Crippen LogP contribution in [0.15, 0.2) is 60.8 Å². The third kappa shape index (κ3) is 3.75. The molecule has 4 rings (SSSR count). The molecule has 1 aliphatic heterocycles. The van der Waals surface area contributed by atoms with Crippen molar-refractivity contribution in [3.63, 3.8) is 0 Å². The molecule has 5 nitrogen and oxygen atoms in total. The van der Waals surface area contributed by atoms with Gasteiger partial charge in [-0.3, -0.25) is 4.79 Å². The fourth-order valence-corrected chi connectivity index (χ4v) is 4.69. The maximum atomic E-state index is 13.6. The van der Waals surface area contributed by atoms with Gasteiger partial charge in [0, 0.05) is 43.9 Å². The standard InChI is InChI=1S/C25H31N3O2/c1-27(2)23(21-18-28(3)22-12-8-7-11-20(21)22)17-26-24(29)25(13-15-30-16-14-25)19-9-5-4-6-10-19/h4-12,18,23H,13-17H2,1-3H3,(H,26,29). The Morgan fingerprint density at radius 1 is 1.10 bits per heavy atom. The first-order chi connectivity index (χ1) is 14.5. The third-order valence-electron chi connectivity index (χ3n) is 6.47. The van der Waals surface area contributed by atoms with Gasteiger partial charge in [-0.15, -0.1) is 0 Å². The number of likely N-dealkylation sites (N-methyl/N-ethyl adjacent to an activating group) is 1. The minimum absolute atomic E-state index is 0.0905. The average Bonchev–Trinajstić information content (AvgIpc) is 3.11. The van der Waals surface area contributed by atoms with E-state index >= 15 is 0 Å². The first kappa shape index (κ1) is 20.6. The van der Waals surface area contributed by atoms with Crippen LogP contribution in [0.1, 0.15) is 30.0 Å². The molecule has 30 heavy (non-hydrogen) atoms. The Balaban J connectivity index is 1.60. The second kappa shape index (κ2) is 8.62. The quantitative estimate of drug-likeness (QED) is 0.681. The second-order valence-corrected chi connectivity index (χ2v) is 8.46. The summed E-state index contributed by atoms with van der Waals surface area (Å²) in [6.45, 7) is 1.79. The van der Waals surface area contributed by atoms with Gasteiger partial charge in [0.1, 0.15) is 0 Å². The van der Waals surface area contributed by atoms with Gasteiger partial charge in [-0.25, -0.2) is 0 Å². The molecule has 3 aromatic rings. The topological polar surface area (TPSA) is 46.5 Å². The number of carbonyl (C=O) groups excluding carboxylic acids is 1. The summed E-state index contributed by atoms with van der Waals surface area (Å²) in [5.74, 6) is 0.101. The molecule has 1 N–H and O–H groups in total. The monoisotopic (exact) mass is 405 g/mol. The van der Waals surface area contributed by atoms with E-state index in [0.29, 0.717) is 32.6 Å². The number of nitrogens with zero attached hydrogens (tertiary/aromatic N) is 2. The van der Waals surface area contributed by atoms with Crippen LogP contribution in [0, 0.1) is 0 Å². The van der Waals surface area contributed by atoms with E-state index in [1.807, 2.05) is 18.2 Å². The predicted molar refractivity (Wildman–Crippen MR) is 121 cm³/mol. The number of ether oxygens (including phenoxy) is 1. The number of nitrogens with one attached hydrogen (secondary N) is 1. The number of rotatable bonds is 6. The summed E-state index contributed by atoms with van der Waals surface area (Å²) in [6, 6.07) is 18.7. The molecule has 0 bridgehead atoms. The molecule has 0 spiro atoms. The van der Waals surface area contributed by atoms with Gasteiger partial charge in [0.25, 0.3) is 0 Å². The average molecular weight is 406 g/mol. The zero-order chi connectivity index (χ0) is 21.1. The van der Waals surface area contributed by atoms with Crippen LogP contribution < -0.4 is 5.32 Å². The summed E-state index contributed by atoms with van der Waals surface area (Å²) in [7, 11) is 6.21. The van der Waals surface area contributed by atoms with Crippen molar-refractivity contribution in [2.75, 3.05) is 33.9 Å². The summed E-state index contributed by atoms with van der Waals surface area (Å²) in [5, 5.41) is 4.53. The van der Waals surface area contributed by atoms with Gasteiger partial charge >= 0.3 is 0 Å². The highest BCUT2D eigenvalue weighted by molar-refractivity contribution is 5.89. The Bertz CT molecular complexity index is 1000. The van der Waals surface area contributed by atoms with Gasteiger partial charge in [-0.2, -0.15) is 0 Å². The number of hydrogen-bond acceptors (Lipinski definition) is 3. The Hall–Kier alpha value is -2.63. The molecule has 0 saturated carbocycles. The minimum Gasteiger partial charge on any atom is -0.381 e. The molecule has 0 radical (unpaired) electrons. The van der Waals surface area contributed by atoms with Crippen LogP contribution in [0.5, 0.6) is 0 Å². The van der Waals surface area contributed by atoms with Gasteiger partial charge < -0.3 is 19.5 Å². The molecule has 5 heteroatoms. The number of hydrogen-bond donors (Lipinski definition) is 1. The summed E-state index contributed by atoms with van der Waals surface area (Å²) in [5.41, 5.74) is 3.00. The molecule has 1 fully saturated rings. The van der Waals surface area contributed by atoms with Gasteiger partial charge in [0.05, 0.1) is 11.5 Å². The van der Waals surface area contributed by atoms with Crippen molar-refractivity contribution in [2.24, 2.45) is 7.05 Å². The lowest BCUT2D eigenvalue weighted by Gasteiger charge is -2.37. The molecule has 158 valence electrons. The first-order valence-electron chi connectivity index (χ1n) is 10.6. The van der Waals surface area contributed by atoms with Crippen LogP contribution in [-0.2, 0) is 22.0 Å². The van der Waals surface area contributed by atoms with Crippen LogP contribution >= 0.6 is 0 Å². The second-order valence-electron chi connectivity index (χ2n) is 8.46. The molecular formula is C25H31N3O2. The normalized spacial score (nSPS) is 17.2. The molecule has 1 amide bonds. The van der Waals surface area contributed by atoms with Crippen LogP contribution in [0.4, 0.5) is 0 Å². The largest absolute Gasteiger partial charge is 0.381 e. The predicted octanol–water partition coefficient (Wildman–Crippen LogP) is 3.65. The number of aromatic nitrogens is 1. The number of fused-ring (bicyclic) bond motifs is 1. The third-order valence-corrected chi connectivity index (χ3v) is 6.47. The maximum Gasteiger partial charge on any atom is 0.230 e. The number of benzene rings is 2. The molecule has 1 aliphatic rings. The highest BCUT2D eigenvalue weighted by Gasteiger charge is 2.41. The van der Waals surface area contributed by atoms with Crippen LogP contribution in [0.3, 0.4) is 0 Å². The van der Waals surface area contributed by atoms with E-state index in [1.54, 1.807) is 0 Å². The van der Waals surface area contributed by atoms with E-state index in [-0.39, 0.29) is 11.9 Å². The molecular weight excluding hydrogens is 374 g/mol. The molecule has 1 unspecified atom stereocenters. The van der Waals surface area contributed by atoms with E-state index in [1.165, 1.54) is 16.5 Å². The van der Waals surface area contributed by atoms with Gasteiger partial charge in [0.15, 0.2) is 0 Å². The van der Waals surface area contributed by atoms with Crippen LogP contribution in [-0.4, -0.2) is 49.2 Å². The van der Waals surface area contributed by atoms with Crippen molar-refractivity contribution in [1.29, 1.82) is 0 Å². The van der Waals surface area contributed by atoms with Crippen LogP contribution in [0.25, 0.3) is 10.9 Å². The zero-order valence-electron chi connectivity index (χ0n) is 18.1. The number of carbonyl (C=O) groups is 1. The van der Waals surface area contributed by atoms with Crippen molar-refractivity contribution < 1.29 is 9.53 Å².